The van der Waals surface area contributed by atoms with Crippen LogP contribution in [-0.4, -0.2) is 40.2 Å². The molecule has 5 rings (SSSR count). The van der Waals surface area contributed by atoms with Gasteiger partial charge in [0.15, 0.2) is 5.13 Å². The lowest BCUT2D eigenvalue weighted by molar-refractivity contribution is -0.137. The van der Waals surface area contributed by atoms with Gasteiger partial charge in [0, 0.05) is 11.3 Å². The van der Waals surface area contributed by atoms with Gasteiger partial charge in [-0.3, -0.25) is 14.9 Å². The summed E-state index contributed by atoms with van der Waals surface area (Å²) in [5.74, 6) is -1.46. The lowest BCUT2D eigenvalue weighted by Crippen LogP contribution is -2.38. The van der Waals surface area contributed by atoms with Crippen LogP contribution in [0.1, 0.15) is 46.8 Å². The number of nitrogens with one attached hydrogen (secondary N) is 2. The molecule has 2 aliphatic rings. The number of carbonyl (C=O) groups is 3. The van der Waals surface area contributed by atoms with Crippen molar-refractivity contribution in [3.8, 4) is 11.1 Å². The van der Waals surface area contributed by atoms with Crippen LogP contribution in [0, 0.1) is 0 Å². The number of thiazole rings is 1. The average molecular weight is 464 g/mol. The van der Waals surface area contributed by atoms with Crippen molar-refractivity contribution in [3.05, 3.63) is 70.7 Å². The van der Waals surface area contributed by atoms with E-state index in [9.17, 15) is 14.4 Å². The fourth-order valence-corrected chi connectivity index (χ4v) is 4.92. The number of anilines is 1. The molecule has 2 aliphatic carbocycles. The lowest BCUT2D eigenvalue weighted by atomic mass is 9.98. The Morgan fingerprint density at radius 3 is 2.30 bits per heavy atom. The summed E-state index contributed by atoms with van der Waals surface area (Å²) in [5, 5.41) is 16.1. The Bertz CT molecular complexity index is 1200. The molecule has 1 aromatic heterocycles. The second-order valence-corrected chi connectivity index (χ2v) is 9.15. The van der Waals surface area contributed by atoms with Crippen molar-refractivity contribution >= 4 is 34.4 Å². The van der Waals surface area contributed by atoms with Crippen molar-refractivity contribution in [1.29, 1.82) is 0 Å². The normalized spacial score (nSPS) is 15.3. The molecule has 3 aromatic rings. The van der Waals surface area contributed by atoms with Crippen LogP contribution in [0.3, 0.4) is 0 Å². The Balaban J connectivity index is 1.19. The number of carboxylic acids is 1. The van der Waals surface area contributed by atoms with Gasteiger partial charge >= 0.3 is 12.1 Å². The molecule has 0 aliphatic heterocycles. The molecule has 33 heavy (non-hydrogen) atoms. The Kier molecular flexibility index (Phi) is 5.33. The van der Waals surface area contributed by atoms with Crippen molar-refractivity contribution in [2.75, 3.05) is 11.9 Å². The lowest BCUT2D eigenvalue weighted by Gasteiger charge is -2.14. The summed E-state index contributed by atoms with van der Waals surface area (Å²) in [7, 11) is 0. The molecule has 3 N–H and O–H groups in total. The van der Waals surface area contributed by atoms with Crippen LogP contribution in [0.5, 0.6) is 0 Å². The topological polar surface area (TPSA) is 118 Å². The summed E-state index contributed by atoms with van der Waals surface area (Å²) in [6.07, 6.45) is 0.482. The first-order valence-corrected chi connectivity index (χ1v) is 11.4. The number of hydrogen-bond acceptors (Lipinski definition) is 6. The molecule has 1 heterocycles. The van der Waals surface area contributed by atoms with Crippen LogP contribution in [0.25, 0.3) is 11.1 Å². The monoisotopic (exact) mass is 463 g/mol. The zero-order chi connectivity index (χ0) is 23.0. The van der Waals surface area contributed by atoms with Crippen LogP contribution in [0.4, 0.5) is 9.93 Å². The second kappa shape index (κ2) is 8.32. The highest BCUT2D eigenvalue weighted by molar-refractivity contribution is 7.14. The van der Waals surface area contributed by atoms with Gasteiger partial charge in [-0.2, -0.15) is 0 Å². The van der Waals surface area contributed by atoms with E-state index in [1.54, 1.807) is 0 Å². The number of aromatic nitrogens is 1. The van der Waals surface area contributed by atoms with Crippen LogP contribution in [-0.2, 0) is 9.53 Å². The van der Waals surface area contributed by atoms with Gasteiger partial charge in [-0.15, -0.1) is 11.3 Å². The van der Waals surface area contributed by atoms with Crippen molar-refractivity contribution in [1.82, 2.24) is 10.3 Å². The van der Waals surface area contributed by atoms with E-state index in [1.807, 2.05) is 36.4 Å². The summed E-state index contributed by atoms with van der Waals surface area (Å²) in [6, 6.07) is 16.2. The van der Waals surface area contributed by atoms with Crippen molar-refractivity contribution in [3.63, 3.8) is 0 Å². The van der Waals surface area contributed by atoms with E-state index >= 15 is 0 Å². The van der Waals surface area contributed by atoms with Crippen LogP contribution >= 0.6 is 11.3 Å². The molecule has 168 valence electrons. The summed E-state index contributed by atoms with van der Waals surface area (Å²) in [4.78, 5) is 39.9. The number of nitrogens with zero attached hydrogens (tertiary/aromatic N) is 1. The number of benzene rings is 2. The van der Waals surface area contributed by atoms with E-state index in [4.69, 9.17) is 9.84 Å². The Hall–Kier alpha value is -3.72. The molecule has 0 bridgehead atoms. The van der Waals surface area contributed by atoms with Gasteiger partial charge in [-0.25, -0.2) is 9.78 Å². The highest BCUT2D eigenvalue weighted by atomic mass is 32.1. The van der Waals surface area contributed by atoms with Crippen molar-refractivity contribution in [2.24, 2.45) is 0 Å². The van der Waals surface area contributed by atoms with Gasteiger partial charge in [0.25, 0.3) is 5.91 Å². The number of rotatable bonds is 7. The van der Waals surface area contributed by atoms with Gasteiger partial charge in [-0.1, -0.05) is 48.5 Å². The molecule has 0 atom stereocenters. The zero-order valence-corrected chi connectivity index (χ0v) is 18.4. The zero-order valence-electron chi connectivity index (χ0n) is 17.5. The molecule has 2 aromatic carbocycles. The molecule has 0 unspecified atom stereocenters. The number of ether oxygens (including phenoxy) is 1. The van der Waals surface area contributed by atoms with E-state index in [-0.39, 0.29) is 29.8 Å². The van der Waals surface area contributed by atoms with Crippen molar-refractivity contribution < 1.29 is 24.2 Å². The van der Waals surface area contributed by atoms with E-state index in [1.165, 1.54) is 5.38 Å². The van der Waals surface area contributed by atoms with Gasteiger partial charge < -0.3 is 15.2 Å². The standard InChI is InChI=1S/C24H21N3O5S/c28-20(29)11-24(9-10-24)27-21(30)19-13-33-22(25-19)26-23(31)32-12-18-16-7-3-1-5-14(16)15-6-2-4-8-17(15)18/h1-8,13,18H,9-12H2,(H,27,30)(H,28,29)(H,25,26,31). The minimum atomic E-state index is -0.955. The third kappa shape index (κ3) is 4.31. The van der Waals surface area contributed by atoms with E-state index in [0.717, 1.165) is 33.6 Å². The molecule has 8 nitrogen and oxygen atoms in total. The van der Waals surface area contributed by atoms with Gasteiger partial charge in [0.05, 0.1) is 12.0 Å². The predicted octanol–water partition coefficient (Wildman–Crippen LogP) is 4.24. The molecule has 0 spiro atoms. The van der Waals surface area contributed by atoms with E-state index < -0.39 is 23.5 Å². The van der Waals surface area contributed by atoms with Crippen LogP contribution < -0.4 is 10.6 Å². The Morgan fingerprint density at radius 1 is 1.06 bits per heavy atom. The summed E-state index contributed by atoms with van der Waals surface area (Å²) < 4.78 is 5.50. The first-order chi connectivity index (χ1) is 15.9. The SMILES string of the molecule is O=C(O)CC1(NC(=O)c2csc(NC(=O)OCC3c4ccccc4-c4ccccc43)n2)CC1. The number of carbonyl (C=O) groups excluding carboxylic acids is 2. The second-order valence-electron chi connectivity index (χ2n) is 8.29. The molecule has 0 saturated heterocycles. The minimum absolute atomic E-state index is 0.0512. The fourth-order valence-electron chi connectivity index (χ4n) is 4.25. The van der Waals surface area contributed by atoms with Crippen molar-refractivity contribution in [2.45, 2.75) is 30.7 Å². The smallest absolute Gasteiger partial charge is 0.413 e. The maximum Gasteiger partial charge on any atom is 0.413 e. The largest absolute Gasteiger partial charge is 0.481 e. The average Bonchev–Trinajstić information content (AvgIpc) is 3.24. The van der Waals surface area contributed by atoms with Crippen LogP contribution in [0.15, 0.2) is 53.9 Å². The third-order valence-electron chi connectivity index (χ3n) is 6.01. The van der Waals surface area contributed by atoms with Gasteiger partial charge in [0.2, 0.25) is 0 Å². The molecule has 9 heteroatoms. The first kappa shape index (κ1) is 21.1. The Labute approximate surface area is 193 Å². The number of amides is 2. The number of carboxylic acid groups (broad SMARTS) is 1. The van der Waals surface area contributed by atoms with Crippen LogP contribution in [0.2, 0.25) is 0 Å². The fraction of sp³-hybridized carbons (Fsp3) is 0.250. The quantitative estimate of drug-likeness (QED) is 0.482. The minimum Gasteiger partial charge on any atom is -0.481 e. The summed E-state index contributed by atoms with van der Waals surface area (Å²) in [6.45, 7) is 0.177. The number of fused-ring (bicyclic) bond motifs is 3. The predicted molar refractivity (Wildman–Crippen MR) is 122 cm³/mol. The summed E-state index contributed by atoms with van der Waals surface area (Å²) >= 11 is 1.10. The molecule has 1 fully saturated rings. The van der Waals surface area contributed by atoms with E-state index in [0.29, 0.717) is 12.8 Å². The highest BCUT2D eigenvalue weighted by Gasteiger charge is 2.46. The highest BCUT2D eigenvalue weighted by Crippen LogP contribution is 2.44. The Morgan fingerprint density at radius 2 is 1.70 bits per heavy atom. The third-order valence-corrected chi connectivity index (χ3v) is 6.77. The maximum atomic E-state index is 12.4. The first-order valence-electron chi connectivity index (χ1n) is 10.6. The number of aliphatic carboxylic acids is 1. The summed E-state index contributed by atoms with van der Waals surface area (Å²) in [5.41, 5.74) is 3.98. The van der Waals surface area contributed by atoms with Gasteiger partial charge in [0.1, 0.15) is 12.3 Å². The van der Waals surface area contributed by atoms with E-state index in [2.05, 4.69) is 27.8 Å². The molecule has 0 radical (unpaired) electrons. The molecule has 2 amide bonds. The molecular formula is C24H21N3O5S. The molecule has 1 saturated carbocycles. The number of hydrogen-bond donors (Lipinski definition) is 3. The molecular weight excluding hydrogens is 442 g/mol. The van der Waals surface area contributed by atoms with Gasteiger partial charge in [-0.05, 0) is 35.1 Å². The maximum absolute atomic E-state index is 12.4.